The van der Waals surface area contributed by atoms with Crippen molar-refractivity contribution >= 4 is 10.0 Å². The van der Waals surface area contributed by atoms with E-state index in [1.165, 1.54) is 11.1 Å². The van der Waals surface area contributed by atoms with E-state index in [9.17, 15) is 13.5 Å². The zero-order valence-corrected chi connectivity index (χ0v) is 17.7. The SMILES string of the molecule is CN1CC[C@@]2(C)c3cc(O)ccc3C[C@@H]1[C@H]2NCCc1ccc(S(N)(=O)=O)cc1. The molecule has 0 radical (unpaired) electrons. The van der Waals surface area contributed by atoms with Crippen molar-refractivity contribution in [3.63, 3.8) is 0 Å². The third-order valence-electron chi connectivity index (χ3n) is 6.79. The van der Waals surface area contributed by atoms with Gasteiger partial charge in [-0.15, -0.1) is 0 Å². The van der Waals surface area contributed by atoms with Crippen molar-refractivity contribution in [1.82, 2.24) is 10.2 Å². The summed E-state index contributed by atoms with van der Waals surface area (Å²) in [6.45, 7) is 4.15. The third kappa shape index (κ3) is 3.80. The van der Waals surface area contributed by atoms with Crippen LogP contribution in [0.3, 0.4) is 0 Å². The Hall–Kier alpha value is -1.93. The monoisotopic (exact) mass is 415 g/mol. The molecule has 2 aliphatic rings. The van der Waals surface area contributed by atoms with Crippen molar-refractivity contribution < 1.29 is 13.5 Å². The minimum Gasteiger partial charge on any atom is -0.508 e. The lowest BCUT2D eigenvalue weighted by Crippen LogP contribution is -2.66. The highest BCUT2D eigenvalue weighted by Crippen LogP contribution is 2.45. The number of nitrogens with one attached hydrogen (secondary N) is 1. The van der Waals surface area contributed by atoms with Gasteiger partial charge in [0.25, 0.3) is 0 Å². The molecule has 6 nitrogen and oxygen atoms in total. The number of piperidine rings is 1. The number of hydrogen-bond donors (Lipinski definition) is 3. The van der Waals surface area contributed by atoms with Crippen LogP contribution in [0.1, 0.15) is 30.0 Å². The van der Waals surface area contributed by atoms with Crippen LogP contribution in [0.2, 0.25) is 0 Å². The number of primary sulfonamides is 1. The van der Waals surface area contributed by atoms with Crippen LogP contribution in [0.25, 0.3) is 0 Å². The largest absolute Gasteiger partial charge is 0.508 e. The second kappa shape index (κ2) is 7.40. The smallest absolute Gasteiger partial charge is 0.238 e. The Labute approximate surface area is 172 Å². The fraction of sp³-hybridized carbons (Fsp3) is 0.455. The first kappa shape index (κ1) is 20.3. The number of likely N-dealkylation sites (tertiary alicyclic amines) is 1. The molecule has 1 saturated heterocycles. The number of aromatic hydroxyl groups is 1. The van der Waals surface area contributed by atoms with Crippen molar-refractivity contribution in [2.75, 3.05) is 20.1 Å². The van der Waals surface area contributed by atoms with Crippen LogP contribution < -0.4 is 10.5 Å². The Bertz CT molecular complexity index is 1010. The number of nitrogens with two attached hydrogens (primary N) is 1. The van der Waals surface area contributed by atoms with Crippen LogP contribution >= 0.6 is 0 Å². The molecule has 4 rings (SSSR count). The first-order valence-electron chi connectivity index (χ1n) is 10.1. The van der Waals surface area contributed by atoms with E-state index >= 15 is 0 Å². The first-order chi connectivity index (χ1) is 13.7. The molecule has 2 bridgehead atoms. The summed E-state index contributed by atoms with van der Waals surface area (Å²) in [7, 11) is -1.46. The van der Waals surface area contributed by atoms with Crippen LogP contribution in [0.15, 0.2) is 47.4 Å². The van der Waals surface area contributed by atoms with Crippen molar-refractivity contribution in [3.8, 4) is 5.75 Å². The highest BCUT2D eigenvalue weighted by Gasteiger charge is 2.49. The zero-order chi connectivity index (χ0) is 20.8. The van der Waals surface area contributed by atoms with Crippen LogP contribution in [0.4, 0.5) is 0 Å². The molecule has 4 N–H and O–H groups in total. The number of nitrogens with zero attached hydrogens (tertiary/aromatic N) is 1. The molecule has 0 aromatic heterocycles. The number of sulfonamides is 1. The Morgan fingerprint density at radius 2 is 1.97 bits per heavy atom. The predicted octanol–water partition coefficient (Wildman–Crippen LogP) is 1.76. The van der Waals surface area contributed by atoms with Gasteiger partial charge in [0.05, 0.1) is 4.90 Å². The van der Waals surface area contributed by atoms with Gasteiger partial charge in [0.1, 0.15) is 5.75 Å². The maximum Gasteiger partial charge on any atom is 0.238 e. The molecule has 0 unspecified atom stereocenters. The molecule has 2 aromatic carbocycles. The quantitative estimate of drug-likeness (QED) is 0.692. The number of rotatable bonds is 5. The molecule has 1 heterocycles. The number of phenols is 1. The lowest BCUT2D eigenvalue weighted by molar-refractivity contribution is 0.0663. The van der Waals surface area contributed by atoms with Crippen LogP contribution in [0.5, 0.6) is 5.75 Å². The Balaban J connectivity index is 1.51. The van der Waals surface area contributed by atoms with E-state index in [1.54, 1.807) is 18.2 Å². The predicted molar refractivity (Wildman–Crippen MR) is 114 cm³/mol. The second-order valence-electron chi connectivity index (χ2n) is 8.63. The van der Waals surface area contributed by atoms with Crippen LogP contribution in [-0.4, -0.2) is 50.6 Å². The molecule has 0 amide bonds. The lowest BCUT2D eigenvalue weighted by Gasteiger charge is -2.55. The average molecular weight is 416 g/mol. The molecule has 1 aliphatic heterocycles. The lowest BCUT2D eigenvalue weighted by atomic mass is 9.61. The maximum atomic E-state index is 11.4. The van der Waals surface area contributed by atoms with E-state index in [0.29, 0.717) is 17.8 Å². The first-order valence-corrected chi connectivity index (χ1v) is 11.6. The molecule has 3 atom stereocenters. The van der Waals surface area contributed by atoms with Crippen molar-refractivity contribution in [3.05, 3.63) is 59.2 Å². The molecule has 156 valence electrons. The summed E-state index contributed by atoms with van der Waals surface area (Å²) < 4.78 is 22.8. The molecule has 29 heavy (non-hydrogen) atoms. The number of likely N-dealkylation sites (N-methyl/N-ethyl adjacent to an activating group) is 1. The molecule has 1 aliphatic carbocycles. The molecular weight excluding hydrogens is 386 g/mol. The van der Waals surface area contributed by atoms with E-state index in [2.05, 4.69) is 30.3 Å². The van der Waals surface area contributed by atoms with Gasteiger partial charge in [-0.2, -0.15) is 0 Å². The van der Waals surface area contributed by atoms with Crippen molar-refractivity contribution in [2.45, 2.75) is 48.6 Å². The molecule has 7 heteroatoms. The minimum absolute atomic E-state index is 0.0268. The number of fused-ring (bicyclic) bond motifs is 4. The molecule has 0 saturated carbocycles. The van der Waals surface area contributed by atoms with E-state index in [0.717, 1.165) is 37.9 Å². The molecule has 0 spiro atoms. The Morgan fingerprint density at radius 1 is 1.24 bits per heavy atom. The summed E-state index contributed by atoms with van der Waals surface area (Å²) in [5, 5.41) is 19.0. The van der Waals surface area contributed by atoms with Gasteiger partial charge < -0.3 is 15.3 Å². The van der Waals surface area contributed by atoms with Crippen LogP contribution in [0, 0.1) is 0 Å². The summed E-state index contributed by atoms with van der Waals surface area (Å²) in [5.41, 5.74) is 3.64. The standard InChI is InChI=1S/C22H29N3O3S/c1-22-10-12-25(2)20(13-16-5-6-17(26)14-19(16)22)21(22)24-11-9-15-3-7-18(8-4-15)29(23,27)28/h3-8,14,20-21,24,26H,9-13H2,1-2H3,(H2,23,27,28)/t20-,21-,22+/m1/s1. The van der Waals surface area contributed by atoms with Gasteiger partial charge in [0, 0.05) is 17.5 Å². The summed E-state index contributed by atoms with van der Waals surface area (Å²) >= 11 is 0. The molecular formula is C22H29N3O3S. The van der Waals surface area contributed by atoms with E-state index in [-0.39, 0.29) is 10.3 Å². The maximum absolute atomic E-state index is 11.4. The summed E-state index contributed by atoms with van der Waals surface area (Å²) in [6.07, 6.45) is 2.82. The molecule has 2 aromatic rings. The fourth-order valence-corrected chi connectivity index (χ4v) is 5.58. The minimum atomic E-state index is -3.66. The topological polar surface area (TPSA) is 95.7 Å². The highest BCUT2D eigenvalue weighted by molar-refractivity contribution is 7.89. The Morgan fingerprint density at radius 3 is 2.66 bits per heavy atom. The molecule has 1 fully saturated rings. The number of hydrogen-bond acceptors (Lipinski definition) is 5. The van der Waals surface area contributed by atoms with Gasteiger partial charge in [-0.1, -0.05) is 25.1 Å². The average Bonchev–Trinajstić information content (AvgIpc) is 2.67. The summed E-state index contributed by atoms with van der Waals surface area (Å²) in [5.74, 6) is 0.330. The van der Waals surface area contributed by atoms with E-state index < -0.39 is 10.0 Å². The number of benzene rings is 2. The third-order valence-corrected chi connectivity index (χ3v) is 7.72. The van der Waals surface area contributed by atoms with Gasteiger partial charge in [-0.05, 0) is 80.4 Å². The van der Waals surface area contributed by atoms with Crippen molar-refractivity contribution in [2.24, 2.45) is 5.14 Å². The fourth-order valence-electron chi connectivity index (χ4n) is 5.06. The second-order valence-corrected chi connectivity index (χ2v) is 10.2. The van der Waals surface area contributed by atoms with Crippen LogP contribution in [-0.2, 0) is 28.3 Å². The van der Waals surface area contributed by atoms with Gasteiger partial charge >= 0.3 is 0 Å². The summed E-state index contributed by atoms with van der Waals surface area (Å²) in [4.78, 5) is 2.58. The zero-order valence-electron chi connectivity index (χ0n) is 16.9. The van der Waals surface area contributed by atoms with Gasteiger partial charge in [-0.25, -0.2) is 13.6 Å². The normalized spacial score (nSPS) is 26.9. The number of phenolic OH excluding ortho intramolecular Hbond substituents is 1. The Kier molecular flexibility index (Phi) is 5.19. The van der Waals surface area contributed by atoms with Gasteiger partial charge in [0.15, 0.2) is 0 Å². The van der Waals surface area contributed by atoms with Gasteiger partial charge in [-0.3, -0.25) is 0 Å². The highest BCUT2D eigenvalue weighted by atomic mass is 32.2. The van der Waals surface area contributed by atoms with E-state index in [1.807, 2.05) is 18.2 Å². The van der Waals surface area contributed by atoms with Crippen molar-refractivity contribution in [1.29, 1.82) is 0 Å². The van der Waals surface area contributed by atoms with E-state index in [4.69, 9.17) is 5.14 Å². The summed E-state index contributed by atoms with van der Waals surface area (Å²) in [6, 6.07) is 13.3. The van der Waals surface area contributed by atoms with Gasteiger partial charge in [0.2, 0.25) is 10.0 Å².